The van der Waals surface area contributed by atoms with Crippen molar-refractivity contribution >= 4 is 27.5 Å². The van der Waals surface area contributed by atoms with Gasteiger partial charge in [0.25, 0.3) is 0 Å². The van der Waals surface area contributed by atoms with Gasteiger partial charge in [-0.1, -0.05) is 46.6 Å². The molecule has 0 saturated carbocycles. The van der Waals surface area contributed by atoms with E-state index in [0.29, 0.717) is 6.42 Å². The Balaban J connectivity index is 2.36. The van der Waals surface area contributed by atoms with Crippen molar-refractivity contribution in [3.63, 3.8) is 0 Å². The van der Waals surface area contributed by atoms with E-state index in [4.69, 9.17) is 17.4 Å². The van der Waals surface area contributed by atoms with Crippen LogP contribution < -0.4 is 11.3 Å². The number of halogens is 2. The van der Waals surface area contributed by atoms with Crippen LogP contribution in [0.25, 0.3) is 0 Å². The van der Waals surface area contributed by atoms with Crippen molar-refractivity contribution in [1.82, 2.24) is 15.2 Å². The van der Waals surface area contributed by atoms with Gasteiger partial charge < -0.3 is 0 Å². The van der Waals surface area contributed by atoms with Crippen LogP contribution in [0.3, 0.4) is 0 Å². The SMILES string of the molecule is CCc1nn(C)c(CC(NN)c2cccc(Br)c2C)c1Cl. The maximum atomic E-state index is 6.43. The number of benzene rings is 1. The summed E-state index contributed by atoms with van der Waals surface area (Å²) >= 11 is 9.99. The van der Waals surface area contributed by atoms with Gasteiger partial charge >= 0.3 is 0 Å². The van der Waals surface area contributed by atoms with Gasteiger partial charge in [-0.3, -0.25) is 16.0 Å². The summed E-state index contributed by atoms with van der Waals surface area (Å²) in [6.45, 7) is 4.13. The molecule has 1 unspecified atom stereocenters. The Bertz CT molecular complexity index is 639. The molecule has 1 aromatic carbocycles. The first kappa shape index (κ1) is 16.5. The fourth-order valence-electron chi connectivity index (χ4n) is 2.50. The van der Waals surface area contributed by atoms with Crippen molar-refractivity contribution in [3.8, 4) is 0 Å². The van der Waals surface area contributed by atoms with E-state index in [1.807, 2.05) is 23.9 Å². The Morgan fingerprint density at radius 3 is 2.76 bits per heavy atom. The minimum atomic E-state index is -0.0138. The number of nitrogens with zero attached hydrogens (tertiary/aromatic N) is 2. The first-order valence-electron chi connectivity index (χ1n) is 6.90. The molecule has 4 nitrogen and oxygen atoms in total. The molecule has 6 heteroatoms. The van der Waals surface area contributed by atoms with Gasteiger partial charge in [0.05, 0.1) is 22.5 Å². The lowest BCUT2D eigenvalue weighted by Gasteiger charge is -2.19. The minimum Gasteiger partial charge on any atom is -0.271 e. The lowest BCUT2D eigenvalue weighted by molar-refractivity contribution is 0.527. The average Bonchev–Trinajstić information content (AvgIpc) is 2.74. The number of nitrogens with one attached hydrogen (secondary N) is 1. The van der Waals surface area contributed by atoms with Crippen LogP contribution >= 0.6 is 27.5 Å². The third-order valence-electron chi connectivity index (χ3n) is 3.79. The Morgan fingerprint density at radius 1 is 1.48 bits per heavy atom. The summed E-state index contributed by atoms with van der Waals surface area (Å²) < 4.78 is 2.92. The summed E-state index contributed by atoms with van der Waals surface area (Å²) in [7, 11) is 1.92. The van der Waals surface area contributed by atoms with Gasteiger partial charge in [-0.05, 0) is 30.5 Å². The molecule has 3 N–H and O–H groups in total. The normalized spacial score (nSPS) is 12.7. The molecule has 0 fully saturated rings. The van der Waals surface area contributed by atoms with Crippen LogP contribution in [-0.2, 0) is 19.9 Å². The van der Waals surface area contributed by atoms with E-state index in [2.05, 4.69) is 46.4 Å². The van der Waals surface area contributed by atoms with Crippen molar-refractivity contribution in [2.45, 2.75) is 32.7 Å². The second kappa shape index (κ2) is 6.92. The number of hydrogen-bond donors (Lipinski definition) is 2. The highest BCUT2D eigenvalue weighted by molar-refractivity contribution is 9.10. The average molecular weight is 372 g/mol. The summed E-state index contributed by atoms with van der Waals surface area (Å²) in [5.74, 6) is 5.77. The predicted octanol–water partition coefficient (Wildman–Crippen LogP) is 3.45. The van der Waals surface area contributed by atoms with Crippen LogP contribution in [0.2, 0.25) is 5.02 Å². The first-order chi connectivity index (χ1) is 9.99. The fraction of sp³-hybridized carbons (Fsp3) is 0.400. The summed E-state index contributed by atoms with van der Waals surface area (Å²) in [4.78, 5) is 0. The summed E-state index contributed by atoms with van der Waals surface area (Å²) in [5.41, 5.74) is 7.15. The van der Waals surface area contributed by atoms with Crippen LogP contribution in [-0.4, -0.2) is 9.78 Å². The maximum absolute atomic E-state index is 6.43. The lowest BCUT2D eigenvalue weighted by Crippen LogP contribution is -2.30. The summed E-state index contributed by atoms with van der Waals surface area (Å²) in [6.07, 6.45) is 1.51. The molecular weight excluding hydrogens is 352 g/mol. The van der Waals surface area contributed by atoms with Gasteiger partial charge in [0.15, 0.2) is 0 Å². The molecule has 0 aliphatic rings. The second-order valence-electron chi connectivity index (χ2n) is 5.06. The zero-order valence-electron chi connectivity index (χ0n) is 12.5. The first-order valence-corrected chi connectivity index (χ1v) is 8.08. The zero-order chi connectivity index (χ0) is 15.6. The van der Waals surface area contributed by atoms with Crippen molar-refractivity contribution in [2.24, 2.45) is 12.9 Å². The quantitative estimate of drug-likeness (QED) is 0.625. The van der Waals surface area contributed by atoms with Gasteiger partial charge in [-0.15, -0.1) is 0 Å². The molecule has 0 aliphatic carbocycles. The topological polar surface area (TPSA) is 55.9 Å². The molecule has 2 aromatic rings. The highest BCUT2D eigenvalue weighted by Crippen LogP contribution is 2.29. The third-order valence-corrected chi connectivity index (χ3v) is 5.08. The Kier molecular flexibility index (Phi) is 5.43. The van der Waals surface area contributed by atoms with E-state index in [9.17, 15) is 0 Å². The lowest BCUT2D eigenvalue weighted by atomic mass is 9.98. The molecule has 114 valence electrons. The van der Waals surface area contributed by atoms with Gasteiger partial charge in [-0.25, -0.2) is 0 Å². The van der Waals surface area contributed by atoms with Crippen molar-refractivity contribution in [1.29, 1.82) is 0 Å². The largest absolute Gasteiger partial charge is 0.271 e. The van der Waals surface area contributed by atoms with Crippen LogP contribution in [0, 0.1) is 6.92 Å². The molecule has 0 radical (unpaired) electrons. The molecule has 21 heavy (non-hydrogen) atoms. The van der Waals surface area contributed by atoms with Gasteiger partial charge in [0.2, 0.25) is 0 Å². The second-order valence-corrected chi connectivity index (χ2v) is 6.29. The van der Waals surface area contributed by atoms with Crippen LogP contribution in [0.15, 0.2) is 22.7 Å². The zero-order valence-corrected chi connectivity index (χ0v) is 14.8. The van der Waals surface area contributed by atoms with E-state index in [1.165, 1.54) is 5.56 Å². The molecule has 0 spiro atoms. The molecule has 2 rings (SSSR count). The number of rotatable bonds is 5. The van der Waals surface area contributed by atoms with Crippen LogP contribution in [0.1, 0.15) is 35.5 Å². The Labute approximate surface area is 138 Å². The van der Waals surface area contributed by atoms with Crippen molar-refractivity contribution in [3.05, 3.63) is 50.2 Å². The fourth-order valence-corrected chi connectivity index (χ4v) is 3.25. The number of aryl methyl sites for hydroxylation is 2. The van der Waals surface area contributed by atoms with Crippen LogP contribution in [0.5, 0.6) is 0 Å². The third kappa shape index (κ3) is 3.31. The molecule has 0 aliphatic heterocycles. The number of aromatic nitrogens is 2. The van der Waals surface area contributed by atoms with E-state index in [-0.39, 0.29) is 6.04 Å². The maximum Gasteiger partial charge on any atom is 0.0850 e. The highest BCUT2D eigenvalue weighted by atomic mass is 79.9. The van der Waals surface area contributed by atoms with E-state index in [0.717, 1.165) is 32.9 Å². The minimum absolute atomic E-state index is 0.0138. The van der Waals surface area contributed by atoms with Crippen molar-refractivity contribution < 1.29 is 0 Å². The van der Waals surface area contributed by atoms with Crippen LogP contribution in [0.4, 0.5) is 0 Å². The van der Waals surface area contributed by atoms with Gasteiger partial charge in [0.1, 0.15) is 0 Å². The van der Waals surface area contributed by atoms with Crippen molar-refractivity contribution in [2.75, 3.05) is 0 Å². The van der Waals surface area contributed by atoms with E-state index < -0.39 is 0 Å². The number of hydrogen-bond acceptors (Lipinski definition) is 3. The summed E-state index contributed by atoms with van der Waals surface area (Å²) in [6, 6.07) is 6.10. The predicted molar refractivity (Wildman–Crippen MR) is 90.2 cm³/mol. The Hall–Kier alpha value is -0.880. The monoisotopic (exact) mass is 370 g/mol. The molecule has 1 aromatic heterocycles. The molecule has 0 bridgehead atoms. The van der Waals surface area contributed by atoms with Gasteiger partial charge in [0, 0.05) is 17.9 Å². The van der Waals surface area contributed by atoms with E-state index >= 15 is 0 Å². The molecule has 0 saturated heterocycles. The Morgan fingerprint density at radius 2 is 2.19 bits per heavy atom. The molecule has 0 amide bonds. The molecule has 1 atom stereocenters. The van der Waals surface area contributed by atoms with E-state index in [1.54, 1.807) is 0 Å². The number of nitrogens with two attached hydrogens (primary N) is 1. The molecule has 1 heterocycles. The van der Waals surface area contributed by atoms with Gasteiger partial charge in [-0.2, -0.15) is 5.10 Å². The molecular formula is C15H20BrClN4. The highest BCUT2D eigenvalue weighted by Gasteiger charge is 2.20. The summed E-state index contributed by atoms with van der Waals surface area (Å²) in [5, 5.41) is 5.20. The standard InChI is InChI=1S/C15H20BrClN4/c1-4-12-15(17)14(21(3)20-12)8-13(19-18)10-6-5-7-11(16)9(10)2/h5-7,13,19H,4,8,18H2,1-3H3. The number of hydrazine groups is 1. The smallest absolute Gasteiger partial charge is 0.0850 e.